The lowest BCUT2D eigenvalue weighted by atomic mass is 10.1. The van der Waals surface area contributed by atoms with E-state index >= 15 is 0 Å². The standard InChI is InChI=1S/C14H16N2OS/c1-2-15-8-12-9-16-14(18-12)11-3-4-13-10(7-11)5-6-17-13/h3-4,7,9,15H,2,5-6,8H2,1H3. The molecule has 2 heterocycles. The second kappa shape index (κ2) is 5.08. The van der Waals surface area contributed by atoms with Gasteiger partial charge in [-0.1, -0.05) is 6.92 Å². The zero-order valence-electron chi connectivity index (χ0n) is 10.4. The van der Waals surface area contributed by atoms with Crippen molar-refractivity contribution in [2.45, 2.75) is 19.9 Å². The molecule has 18 heavy (non-hydrogen) atoms. The van der Waals surface area contributed by atoms with Gasteiger partial charge < -0.3 is 10.1 Å². The van der Waals surface area contributed by atoms with Gasteiger partial charge in [0.15, 0.2) is 0 Å². The minimum atomic E-state index is 0.808. The molecule has 0 saturated carbocycles. The molecule has 1 aromatic carbocycles. The fourth-order valence-corrected chi connectivity index (χ4v) is 2.97. The predicted octanol–water partition coefficient (Wildman–Crippen LogP) is 2.85. The van der Waals surface area contributed by atoms with Crippen molar-refractivity contribution in [1.82, 2.24) is 10.3 Å². The van der Waals surface area contributed by atoms with Crippen molar-refractivity contribution in [3.63, 3.8) is 0 Å². The Bertz CT molecular complexity index is 550. The summed E-state index contributed by atoms with van der Waals surface area (Å²) in [7, 11) is 0. The molecule has 1 aliphatic heterocycles. The van der Waals surface area contributed by atoms with Crippen molar-refractivity contribution < 1.29 is 4.74 Å². The Hall–Kier alpha value is -1.39. The van der Waals surface area contributed by atoms with Gasteiger partial charge in [-0.2, -0.15) is 0 Å². The normalized spacial score (nSPS) is 13.4. The Morgan fingerprint density at radius 1 is 1.44 bits per heavy atom. The quantitative estimate of drug-likeness (QED) is 0.918. The van der Waals surface area contributed by atoms with Crippen LogP contribution in [0.2, 0.25) is 0 Å². The number of benzene rings is 1. The van der Waals surface area contributed by atoms with Crippen LogP contribution in [-0.4, -0.2) is 18.1 Å². The highest BCUT2D eigenvalue weighted by Crippen LogP contribution is 2.32. The summed E-state index contributed by atoms with van der Waals surface area (Å²) in [5.74, 6) is 1.03. The molecule has 0 radical (unpaired) electrons. The Morgan fingerprint density at radius 2 is 2.39 bits per heavy atom. The molecule has 0 bridgehead atoms. The van der Waals surface area contributed by atoms with Crippen LogP contribution < -0.4 is 10.1 Å². The Kier molecular flexibility index (Phi) is 3.30. The van der Waals surface area contributed by atoms with E-state index in [-0.39, 0.29) is 0 Å². The molecule has 0 atom stereocenters. The van der Waals surface area contributed by atoms with E-state index in [2.05, 4.69) is 35.4 Å². The largest absolute Gasteiger partial charge is 0.493 e. The fraction of sp³-hybridized carbons (Fsp3) is 0.357. The minimum absolute atomic E-state index is 0.808. The van der Waals surface area contributed by atoms with Crippen LogP contribution in [0, 0.1) is 0 Å². The van der Waals surface area contributed by atoms with Crippen LogP contribution in [0.3, 0.4) is 0 Å². The summed E-state index contributed by atoms with van der Waals surface area (Å²) in [4.78, 5) is 5.78. The number of hydrogen-bond donors (Lipinski definition) is 1. The summed E-state index contributed by atoms with van der Waals surface area (Å²) in [5, 5.41) is 4.42. The number of fused-ring (bicyclic) bond motifs is 1. The zero-order valence-corrected chi connectivity index (χ0v) is 11.2. The zero-order chi connectivity index (χ0) is 12.4. The maximum Gasteiger partial charge on any atom is 0.123 e. The fourth-order valence-electron chi connectivity index (χ4n) is 2.09. The summed E-state index contributed by atoms with van der Waals surface area (Å²) in [5.41, 5.74) is 2.50. The molecule has 3 nitrogen and oxygen atoms in total. The van der Waals surface area contributed by atoms with Crippen molar-refractivity contribution in [2.24, 2.45) is 0 Å². The van der Waals surface area contributed by atoms with Gasteiger partial charge in [0, 0.05) is 29.6 Å². The smallest absolute Gasteiger partial charge is 0.123 e. The summed E-state index contributed by atoms with van der Waals surface area (Å²) in [6, 6.07) is 6.36. The molecular weight excluding hydrogens is 244 g/mol. The Balaban J connectivity index is 1.83. The molecule has 0 spiro atoms. The topological polar surface area (TPSA) is 34.2 Å². The second-order valence-electron chi connectivity index (χ2n) is 4.33. The monoisotopic (exact) mass is 260 g/mol. The molecule has 0 saturated heterocycles. The summed E-state index contributed by atoms with van der Waals surface area (Å²) >= 11 is 1.76. The maximum atomic E-state index is 5.52. The van der Waals surface area contributed by atoms with Crippen LogP contribution in [0.1, 0.15) is 17.4 Å². The van der Waals surface area contributed by atoms with E-state index in [4.69, 9.17) is 4.74 Å². The number of hydrogen-bond acceptors (Lipinski definition) is 4. The first-order valence-corrected chi connectivity index (χ1v) is 7.10. The first kappa shape index (κ1) is 11.7. The van der Waals surface area contributed by atoms with Gasteiger partial charge in [-0.15, -0.1) is 11.3 Å². The van der Waals surface area contributed by atoms with Crippen LogP contribution in [0.4, 0.5) is 0 Å². The van der Waals surface area contributed by atoms with Gasteiger partial charge in [0.25, 0.3) is 0 Å². The lowest BCUT2D eigenvalue weighted by Gasteiger charge is -2.01. The number of rotatable bonds is 4. The third-order valence-electron chi connectivity index (χ3n) is 3.04. The summed E-state index contributed by atoms with van der Waals surface area (Å²) in [6.07, 6.45) is 2.98. The number of ether oxygens (including phenoxy) is 1. The average molecular weight is 260 g/mol. The van der Waals surface area contributed by atoms with Gasteiger partial charge in [-0.05, 0) is 30.3 Å². The molecule has 0 fully saturated rings. The van der Waals surface area contributed by atoms with Crippen LogP contribution in [0.15, 0.2) is 24.4 Å². The predicted molar refractivity (Wildman–Crippen MR) is 74.1 cm³/mol. The molecule has 4 heteroatoms. The lowest BCUT2D eigenvalue weighted by molar-refractivity contribution is 0.357. The molecule has 94 valence electrons. The third kappa shape index (κ3) is 2.26. The first-order valence-electron chi connectivity index (χ1n) is 6.28. The van der Waals surface area contributed by atoms with E-state index in [1.807, 2.05) is 6.20 Å². The van der Waals surface area contributed by atoms with E-state index in [0.29, 0.717) is 0 Å². The van der Waals surface area contributed by atoms with Crippen molar-refractivity contribution in [3.05, 3.63) is 34.8 Å². The highest BCUT2D eigenvalue weighted by atomic mass is 32.1. The second-order valence-corrected chi connectivity index (χ2v) is 5.45. The van der Waals surface area contributed by atoms with Crippen molar-refractivity contribution in [1.29, 1.82) is 0 Å². The summed E-state index contributed by atoms with van der Waals surface area (Å²) < 4.78 is 5.52. The first-order chi connectivity index (χ1) is 8.86. The van der Waals surface area contributed by atoms with Gasteiger partial charge in [0.05, 0.1) is 6.61 Å². The molecule has 1 aliphatic rings. The van der Waals surface area contributed by atoms with Gasteiger partial charge >= 0.3 is 0 Å². The van der Waals surface area contributed by atoms with Gasteiger partial charge in [-0.3, -0.25) is 0 Å². The van der Waals surface area contributed by atoms with E-state index in [1.165, 1.54) is 16.0 Å². The Morgan fingerprint density at radius 3 is 3.28 bits per heavy atom. The lowest BCUT2D eigenvalue weighted by Crippen LogP contribution is -2.10. The van der Waals surface area contributed by atoms with Crippen LogP contribution in [-0.2, 0) is 13.0 Å². The Labute approximate surface area is 111 Å². The molecule has 1 N–H and O–H groups in total. The molecule has 0 unspecified atom stereocenters. The minimum Gasteiger partial charge on any atom is -0.493 e. The number of aromatic nitrogens is 1. The number of nitrogens with zero attached hydrogens (tertiary/aromatic N) is 1. The van der Waals surface area contributed by atoms with Crippen molar-refractivity contribution in [3.8, 4) is 16.3 Å². The summed E-state index contributed by atoms with van der Waals surface area (Å²) in [6.45, 7) is 4.82. The molecule has 3 rings (SSSR count). The van der Waals surface area contributed by atoms with Gasteiger partial charge in [-0.25, -0.2) is 4.98 Å². The van der Waals surface area contributed by atoms with Crippen molar-refractivity contribution in [2.75, 3.05) is 13.2 Å². The molecular formula is C14H16N2OS. The van der Waals surface area contributed by atoms with Crippen molar-refractivity contribution >= 4 is 11.3 Å². The average Bonchev–Trinajstić information content (AvgIpc) is 3.04. The van der Waals surface area contributed by atoms with E-state index in [0.717, 1.165) is 36.9 Å². The number of thiazole rings is 1. The molecule has 2 aromatic rings. The molecule has 1 aromatic heterocycles. The van der Waals surface area contributed by atoms with E-state index in [1.54, 1.807) is 11.3 Å². The number of nitrogens with one attached hydrogen (secondary N) is 1. The molecule has 0 amide bonds. The maximum absolute atomic E-state index is 5.52. The van der Waals surface area contributed by atoms with Crippen LogP contribution in [0.5, 0.6) is 5.75 Å². The van der Waals surface area contributed by atoms with Gasteiger partial charge in [0.1, 0.15) is 10.8 Å². The highest BCUT2D eigenvalue weighted by Gasteiger charge is 2.13. The highest BCUT2D eigenvalue weighted by molar-refractivity contribution is 7.15. The molecule has 0 aliphatic carbocycles. The SMILES string of the molecule is CCNCc1cnc(-c2ccc3c(c2)CCO3)s1. The third-order valence-corrected chi connectivity index (χ3v) is 4.09. The van der Waals surface area contributed by atoms with E-state index in [9.17, 15) is 0 Å². The van der Waals surface area contributed by atoms with E-state index < -0.39 is 0 Å². The van der Waals surface area contributed by atoms with Crippen LogP contribution >= 0.6 is 11.3 Å². The van der Waals surface area contributed by atoms with Gasteiger partial charge in [0.2, 0.25) is 0 Å². The van der Waals surface area contributed by atoms with Crippen LogP contribution in [0.25, 0.3) is 10.6 Å².